The number of nitrogens with one attached hydrogen (secondary N) is 1. The zero-order valence-electron chi connectivity index (χ0n) is 14.1. The first-order valence-electron chi connectivity index (χ1n) is 8.44. The topological polar surface area (TPSA) is 44.8 Å². The number of likely N-dealkylation sites (tertiary alicyclic amines) is 1. The van der Waals surface area contributed by atoms with Crippen molar-refractivity contribution in [2.24, 2.45) is 0 Å². The van der Waals surface area contributed by atoms with Crippen LogP contribution in [0.4, 0.5) is 4.79 Å². The first kappa shape index (κ1) is 16.3. The van der Waals surface area contributed by atoms with E-state index in [2.05, 4.69) is 40.5 Å². The van der Waals surface area contributed by atoms with Crippen LogP contribution in [0.1, 0.15) is 24.8 Å². The van der Waals surface area contributed by atoms with Crippen LogP contribution in [0.15, 0.2) is 30.3 Å². The van der Waals surface area contributed by atoms with E-state index >= 15 is 0 Å². The maximum atomic E-state index is 11.9. The molecule has 0 saturated carbocycles. The average Bonchev–Trinajstić information content (AvgIpc) is 2.90. The van der Waals surface area contributed by atoms with Gasteiger partial charge in [-0.15, -0.1) is 0 Å². The Hall–Kier alpha value is -1.59. The van der Waals surface area contributed by atoms with E-state index in [0.717, 1.165) is 45.5 Å². The first-order chi connectivity index (χ1) is 11.1. The molecule has 0 aliphatic carbocycles. The van der Waals surface area contributed by atoms with Crippen molar-refractivity contribution in [3.05, 3.63) is 35.9 Å². The minimum absolute atomic E-state index is 0.00816. The second-order valence-corrected chi connectivity index (χ2v) is 7.01. The summed E-state index contributed by atoms with van der Waals surface area (Å²) in [6, 6.07) is 10.8. The van der Waals surface area contributed by atoms with Gasteiger partial charge in [-0.1, -0.05) is 30.3 Å². The molecule has 3 rings (SSSR count). The first-order valence-corrected chi connectivity index (χ1v) is 8.44. The normalized spacial score (nSPS) is 28.0. The molecule has 1 aromatic rings. The van der Waals surface area contributed by atoms with Crippen molar-refractivity contribution in [2.45, 2.75) is 37.5 Å². The Kier molecular flexibility index (Phi) is 4.87. The number of nitrogens with zero attached hydrogens (tertiary/aromatic N) is 2. The van der Waals surface area contributed by atoms with Gasteiger partial charge in [-0.25, -0.2) is 4.79 Å². The van der Waals surface area contributed by atoms with Gasteiger partial charge in [0.1, 0.15) is 0 Å². The van der Waals surface area contributed by atoms with Crippen molar-refractivity contribution in [2.75, 3.05) is 33.8 Å². The quantitative estimate of drug-likeness (QED) is 0.928. The molecular formula is C18H27N3O2. The standard InChI is InChI=1S/C18H27N3O2/c1-20(2)17(22)19-16-8-11-23-18(12-16)9-10-21(14-18)13-15-6-4-3-5-7-15/h3-7,16H,8-14H2,1-2H3,(H,19,22)/t16-,18-/m0/s1. The van der Waals surface area contributed by atoms with Crippen LogP contribution in [0.25, 0.3) is 0 Å². The number of carbonyl (C=O) groups excluding carboxylic acids is 1. The van der Waals surface area contributed by atoms with Crippen LogP contribution in [0.5, 0.6) is 0 Å². The van der Waals surface area contributed by atoms with Gasteiger partial charge < -0.3 is 15.0 Å². The number of urea groups is 1. The molecule has 2 heterocycles. The van der Waals surface area contributed by atoms with Gasteiger partial charge in [-0.2, -0.15) is 0 Å². The largest absolute Gasteiger partial charge is 0.373 e. The summed E-state index contributed by atoms with van der Waals surface area (Å²) in [5.41, 5.74) is 1.26. The molecule has 0 radical (unpaired) electrons. The van der Waals surface area contributed by atoms with E-state index < -0.39 is 0 Å². The van der Waals surface area contributed by atoms with Crippen LogP contribution in [-0.4, -0.2) is 61.3 Å². The van der Waals surface area contributed by atoms with Gasteiger partial charge in [0.25, 0.3) is 0 Å². The number of amides is 2. The van der Waals surface area contributed by atoms with E-state index in [1.165, 1.54) is 5.56 Å². The van der Waals surface area contributed by atoms with Crippen LogP contribution < -0.4 is 5.32 Å². The summed E-state index contributed by atoms with van der Waals surface area (Å²) in [6.07, 6.45) is 2.87. The monoisotopic (exact) mass is 317 g/mol. The van der Waals surface area contributed by atoms with E-state index in [1.54, 1.807) is 19.0 Å². The molecule has 0 bridgehead atoms. The van der Waals surface area contributed by atoms with Crippen LogP contribution in [-0.2, 0) is 11.3 Å². The molecule has 2 saturated heterocycles. The summed E-state index contributed by atoms with van der Waals surface area (Å²) in [5.74, 6) is 0. The zero-order valence-corrected chi connectivity index (χ0v) is 14.1. The van der Waals surface area contributed by atoms with Crippen molar-refractivity contribution in [1.29, 1.82) is 0 Å². The molecule has 0 unspecified atom stereocenters. The Bertz CT molecular complexity index is 534. The number of hydrogen-bond acceptors (Lipinski definition) is 3. The predicted octanol–water partition coefficient (Wildman–Crippen LogP) is 2.08. The Labute approximate surface area is 138 Å². The zero-order chi connectivity index (χ0) is 16.3. The van der Waals surface area contributed by atoms with Crippen molar-refractivity contribution < 1.29 is 9.53 Å². The Morgan fingerprint density at radius 2 is 2.17 bits per heavy atom. The molecule has 2 fully saturated rings. The molecule has 0 aromatic heterocycles. The minimum Gasteiger partial charge on any atom is -0.373 e. The van der Waals surface area contributed by atoms with Gasteiger partial charge in [0.2, 0.25) is 0 Å². The summed E-state index contributed by atoms with van der Waals surface area (Å²) >= 11 is 0. The van der Waals surface area contributed by atoms with E-state index in [-0.39, 0.29) is 17.7 Å². The molecule has 2 aliphatic heterocycles. The summed E-state index contributed by atoms with van der Waals surface area (Å²) in [6.45, 7) is 3.72. The minimum atomic E-state index is -0.0860. The van der Waals surface area contributed by atoms with Gasteiger partial charge >= 0.3 is 6.03 Å². The van der Waals surface area contributed by atoms with Crippen molar-refractivity contribution >= 4 is 6.03 Å². The second kappa shape index (κ2) is 6.89. The third kappa shape index (κ3) is 4.03. The van der Waals surface area contributed by atoms with Crippen LogP contribution in [0.2, 0.25) is 0 Å². The predicted molar refractivity (Wildman–Crippen MR) is 90.3 cm³/mol. The molecule has 1 spiro atoms. The molecular weight excluding hydrogens is 290 g/mol. The maximum absolute atomic E-state index is 11.9. The number of benzene rings is 1. The summed E-state index contributed by atoms with van der Waals surface area (Å²) in [5, 5.41) is 3.12. The Morgan fingerprint density at radius 1 is 1.39 bits per heavy atom. The fourth-order valence-corrected chi connectivity index (χ4v) is 3.64. The molecule has 5 heteroatoms. The van der Waals surface area contributed by atoms with Gasteiger partial charge in [-0.05, 0) is 24.8 Å². The van der Waals surface area contributed by atoms with E-state index in [4.69, 9.17) is 4.74 Å². The van der Waals surface area contributed by atoms with Gasteiger partial charge in [0.05, 0.1) is 5.60 Å². The van der Waals surface area contributed by atoms with Crippen LogP contribution in [0.3, 0.4) is 0 Å². The smallest absolute Gasteiger partial charge is 0.317 e. The highest BCUT2D eigenvalue weighted by Crippen LogP contribution is 2.34. The molecule has 2 aliphatic rings. The van der Waals surface area contributed by atoms with Crippen LogP contribution >= 0.6 is 0 Å². The highest BCUT2D eigenvalue weighted by molar-refractivity contribution is 5.73. The maximum Gasteiger partial charge on any atom is 0.317 e. The van der Waals surface area contributed by atoms with E-state index in [1.807, 2.05) is 0 Å². The van der Waals surface area contributed by atoms with Crippen molar-refractivity contribution in [3.63, 3.8) is 0 Å². The molecule has 2 amide bonds. The molecule has 23 heavy (non-hydrogen) atoms. The van der Waals surface area contributed by atoms with Crippen LogP contribution in [0, 0.1) is 0 Å². The van der Waals surface area contributed by atoms with E-state index in [9.17, 15) is 4.79 Å². The second-order valence-electron chi connectivity index (χ2n) is 7.01. The van der Waals surface area contributed by atoms with Crippen molar-refractivity contribution in [1.82, 2.24) is 15.1 Å². The number of carbonyl (C=O) groups is 1. The highest BCUT2D eigenvalue weighted by atomic mass is 16.5. The number of hydrogen-bond donors (Lipinski definition) is 1. The molecule has 1 N–H and O–H groups in total. The Morgan fingerprint density at radius 3 is 2.91 bits per heavy atom. The molecule has 126 valence electrons. The lowest BCUT2D eigenvalue weighted by molar-refractivity contribution is -0.0792. The third-order valence-electron chi connectivity index (χ3n) is 4.87. The average molecular weight is 317 g/mol. The number of rotatable bonds is 3. The SMILES string of the molecule is CN(C)C(=O)N[C@H]1CCO[C@@]2(CCN(Cc3ccccc3)C2)C1. The summed E-state index contributed by atoms with van der Waals surface area (Å²) < 4.78 is 6.16. The van der Waals surface area contributed by atoms with Gasteiger partial charge in [-0.3, -0.25) is 4.90 Å². The lowest BCUT2D eigenvalue weighted by Gasteiger charge is -2.38. The number of ether oxygens (including phenoxy) is 1. The lowest BCUT2D eigenvalue weighted by atomic mass is 9.89. The molecule has 2 atom stereocenters. The molecule has 5 nitrogen and oxygen atoms in total. The fraction of sp³-hybridized carbons (Fsp3) is 0.611. The van der Waals surface area contributed by atoms with Gasteiger partial charge in [0, 0.05) is 46.4 Å². The van der Waals surface area contributed by atoms with Gasteiger partial charge in [0.15, 0.2) is 0 Å². The third-order valence-corrected chi connectivity index (χ3v) is 4.87. The highest BCUT2D eigenvalue weighted by Gasteiger charge is 2.43. The Balaban J connectivity index is 1.56. The van der Waals surface area contributed by atoms with E-state index in [0.29, 0.717) is 0 Å². The summed E-state index contributed by atoms with van der Waals surface area (Å²) in [7, 11) is 3.56. The molecule has 1 aromatic carbocycles. The fourth-order valence-electron chi connectivity index (χ4n) is 3.64. The lowest BCUT2D eigenvalue weighted by Crippen LogP contribution is -2.51. The summed E-state index contributed by atoms with van der Waals surface area (Å²) in [4.78, 5) is 15.9. The van der Waals surface area contributed by atoms with Crippen molar-refractivity contribution in [3.8, 4) is 0 Å².